The van der Waals surface area contributed by atoms with Crippen LogP contribution in [0, 0.1) is 6.92 Å². The molecule has 0 saturated heterocycles. The summed E-state index contributed by atoms with van der Waals surface area (Å²) in [6, 6.07) is 8.35. The van der Waals surface area contributed by atoms with Crippen molar-refractivity contribution in [2.24, 2.45) is 0 Å². The van der Waals surface area contributed by atoms with Crippen LogP contribution in [0.3, 0.4) is 0 Å². The van der Waals surface area contributed by atoms with Gasteiger partial charge in [-0.1, -0.05) is 6.07 Å². The van der Waals surface area contributed by atoms with Crippen molar-refractivity contribution in [1.29, 1.82) is 0 Å². The molecule has 2 rings (SSSR count). The number of benzene rings is 1. The smallest absolute Gasteiger partial charge is 0.0514 e. The largest absolute Gasteiger partial charge is 0.398 e. The van der Waals surface area contributed by atoms with Gasteiger partial charge in [0.1, 0.15) is 0 Å². The highest BCUT2D eigenvalue weighted by atomic mass is 32.1. The number of thiophene rings is 1. The van der Waals surface area contributed by atoms with Crippen LogP contribution >= 0.6 is 11.3 Å². The van der Waals surface area contributed by atoms with Gasteiger partial charge in [0, 0.05) is 36.0 Å². The van der Waals surface area contributed by atoms with E-state index < -0.39 is 0 Å². The molecule has 0 aliphatic heterocycles. The summed E-state index contributed by atoms with van der Waals surface area (Å²) in [4.78, 5) is 3.31. The fraction of sp³-hybridized carbons (Fsp3) is 0.286. The summed E-state index contributed by atoms with van der Waals surface area (Å²) in [5.41, 5.74) is 10.4. The zero-order valence-corrected chi connectivity index (χ0v) is 11.8. The first-order valence-corrected chi connectivity index (χ1v) is 6.79. The van der Waals surface area contributed by atoms with Crippen LogP contribution < -0.4 is 16.0 Å². The van der Waals surface area contributed by atoms with E-state index in [0.29, 0.717) is 0 Å². The van der Waals surface area contributed by atoms with Crippen molar-refractivity contribution in [3.05, 3.63) is 40.1 Å². The van der Waals surface area contributed by atoms with Gasteiger partial charge >= 0.3 is 0 Å². The highest BCUT2D eigenvalue weighted by Crippen LogP contribution is 2.24. The molecule has 3 N–H and O–H groups in total. The minimum atomic E-state index is 0.777. The molecule has 0 atom stereocenters. The molecule has 1 aromatic carbocycles. The zero-order valence-electron chi connectivity index (χ0n) is 11.0. The predicted molar refractivity (Wildman–Crippen MR) is 81.6 cm³/mol. The minimum absolute atomic E-state index is 0.777. The SMILES string of the molecule is Cc1ccc(NCc2sccc2N)cc1N(C)C. The lowest BCUT2D eigenvalue weighted by atomic mass is 10.1. The second kappa shape index (κ2) is 5.31. The summed E-state index contributed by atoms with van der Waals surface area (Å²) >= 11 is 1.68. The van der Waals surface area contributed by atoms with Crippen LogP contribution in [0.4, 0.5) is 17.1 Å². The Morgan fingerprint density at radius 3 is 2.67 bits per heavy atom. The molecule has 1 aromatic heterocycles. The monoisotopic (exact) mass is 261 g/mol. The van der Waals surface area contributed by atoms with E-state index in [1.807, 2.05) is 11.4 Å². The van der Waals surface area contributed by atoms with Gasteiger partial charge in [-0.05, 0) is 36.1 Å². The molecule has 4 heteroatoms. The van der Waals surface area contributed by atoms with Crippen molar-refractivity contribution in [2.45, 2.75) is 13.5 Å². The summed E-state index contributed by atoms with van der Waals surface area (Å²) in [5.74, 6) is 0. The molecule has 0 radical (unpaired) electrons. The molecule has 0 amide bonds. The zero-order chi connectivity index (χ0) is 13.1. The van der Waals surface area contributed by atoms with Crippen LogP contribution in [0.25, 0.3) is 0 Å². The number of rotatable bonds is 4. The maximum atomic E-state index is 5.87. The number of hydrogen-bond donors (Lipinski definition) is 2. The molecule has 0 aliphatic rings. The van der Waals surface area contributed by atoms with Gasteiger partial charge in [-0.3, -0.25) is 0 Å². The molecule has 96 valence electrons. The van der Waals surface area contributed by atoms with Gasteiger partial charge < -0.3 is 16.0 Å². The summed E-state index contributed by atoms with van der Waals surface area (Å²) in [7, 11) is 4.12. The summed E-state index contributed by atoms with van der Waals surface area (Å²) < 4.78 is 0. The average molecular weight is 261 g/mol. The van der Waals surface area contributed by atoms with E-state index in [1.54, 1.807) is 11.3 Å². The van der Waals surface area contributed by atoms with E-state index in [1.165, 1.54) is 16.1 Å². The van der Waals surface area contributed by atoms with Crippen LogP contribution in [0.15, 0.2) is 29.6 Å². The van der Waals surface area contributed by atoms with Crippen LogP contribution in [0.1, 0.15) is 10.4 Å². The maximum absolute atomic E-state index is 5.87. The van der Waals surface area contributed by atoms with Crippen LogP contribution in [0.5, 0.6) is 0 Å². The third kappa shape index (κ3) is 2.76. The Labute approximate surface area is 112 Å². The molecule has 0 fully saturated rings. The summed E-state index contributed by atoms with van der Waals surface area (Å²) in [6.07, 6.45) is 0. The van der Waals surface area contributed by atoms with Crippen molar-refractivity contribution < 1.29 is 0 Å². The van der Waals surface area contributed by atoms with E-state index in [4.69, 9.17) is 5.73 Å². The van der Waals surface area contributed by atoms with Crippen molar-refractivity contribution in [3.63, 3.8) is 0 Å². The molecule has 0 bridgehead atoms. The Kier molecular flexibility index (Phi) is 3.77. The van der Waals surface area contributed by atoms with Crippen LogP contribution in [0.2, 0.25) is 0 Å². The standard InChI is InChI=1S/C14H19N3S/c1-10-4-5-11(8-13(10)17(2)3)16-9-14-12(15)6-7-18-14/h4-8,16H,9,15H2,1-3H3. The van der Waals surface area contributed by atoms with E-state index >= 15 is 0 Å². The lowest BCUT2D eigenvalue weighted by molar-refractivity contribution is 1.11. The lowest BCUT2D eigenvalue weighted by Gasteiger charge is -2.17. The highest BCUT2D eigenvalue weighted by molar-refractivity contribution is 7.10. The first-order valence-electron chi connectivity index (χ1n) is 5.91. The first-order chi connectivity index (χ1) is 8.58. The molecular formula is C14H19N3S. The van der Waals surface area contributed by atoms with Crippen molar-refractivity contribution in [1.82, 2.24) is 0 Å². The third-order valence-corrected chi connectivity index (χ3v) is 3.86. The maximum Gasteiger partial charge on any atom is 0.0514 e. The van der Waals surface area contributed by atoms with Gasteiger partial charge in [-0.15, -0.1) is 11.3 Å². The number of nitrogens with one attached hydrogen (secondary N) is 1. The fourth-order valence-corrected chi connectivity index (χ4v) is 2.62. The van der Waals surface area contributed by atoms with Crippen molar-refractivity contribution in [3.8, 4) is 0 Å². The number of anilines is 3. The number of aryl methyl sites for hydroxylation is 1. The van der Waals surface area contributed by atoms with Gasteiger partial charge in [0.15, 0.2) is 0 Å². The highest BCUT2D eigenvalue weighted by Gasteiger charge is 2.04. The van der Waals surface area contributed by atoms with Gasteiger partial charge in [0.05, 0.1) is 6.54 Å². The molecule has 2 aromatic rings. The second-order valence-electron chi connectivity index (χ2n) is 4.55. The average Bonchev–Trinajstić information content (AvgIpc) is 2.73. The van der Waals surface area contributed by atoms with Crippen molar-refractivity contribution >= 4 is 28.4 Å². The quantitative estimate of drug-likeness (QED) is 0.887. The Balaban J connectivity index is 2.10. The van der Waals surface area contributed by atoms with Crippen LogP contribution in [-0.2, 0) is 6.54 Å². The fourth-order valence-electron chi connectivity index (χ4n) is 1.88. The second-order valence-corrected chi connectivity index (χ2v) is 5.55. The van der Waals surface area contributed by atoms with E-state index in [9.17, 15) is 0 Å². The number of hydrogen-bond acceptors (Lipinski definition) is 4. The molecule has 0 unspecified atom stereocenters. The topological polar surface area (TPSA) is 41.3 Å². The molecule has 0 aliphatic carbocycles. The minimum Gasteiger partial charge on any atom is -0.398 e. The first kappa shape index (κ1) is 12.8. The number of nitrogens with two attached hydrogens (primary N) is 1. The Morgan fingerprint density at radius 2 is 2.06 bits per heavy atom. The molecule has 0 saturated carbocycles. The summed E-state index contributed by atoms with van der Waals surface area (Å²) in [6.45, 7) is 2.90. The van der Waals surface area contributed by atoms with E-state index in [2.05, 4.69) is 49.4 Å². The Bertz CT molecular complexity index is 532. The lowest BCUT2D eigenvalue weighted by Crippen LogP contribution is -2.11. The Morgan fingerprint density at radius 1 is 1.28 bits per heavy atom. The molecule has 1 heterocycles. The molecule has 0 spiro atoms. The van der Waals surface area contributed by atoms with Gasteiger partial charge in [-0.25, -0.2) is 0 Å². The normalized spacial score (nSPS) is 10.4. The van der Waals surface area contributed by atoms with Gasteiger partial charge in [0.25, 0.3) is 0 Å². The van der Waals surface area contributed by atoms with E-state index in [0.717, 1.165) is 17.9 Å². The predicted octanol–water partition coefficient (Wildman–Crippen LogP) is 3.32. The number of nitrogens with zero attached hydrogens (tertiary/aromatic N) is 1. The third-order valence-electron chi connectivity index (χ3n) is 2.92. The number of nitrogen functional groups attached to an aromatic ring is 1. The molecular weight excluding hydrogens is 242 g/mol. The summed E-state index contributed by atoms with van der Waals surface area (Å²) in [5, 5.41) is 5.43. The van der Waals surface area contributed by atoms with Crippen molar-refractivity contribution in [2.75, 3.05) is 30.0 Å². The molecule has 3 nitrogen and oxygen atoms in total. The van der Waals surface area contributed by atoms with Crippen LogP contribution in [-0.4, -0.2) is 14.1 Å². The van der Waals surface area contributed by atoms with E-state index in [-0.39, 0.29) is 0 Å². The molecule has 18 heavy (non-hydrogen) atoms. The van der Waals surface area contributed by atoms with Gasteiger partial charge in [-0.2, -0.15) is 0 Å². The van der Waals surface area contributed by atoms with Gasteiger partial charge in [0.2, 0.25) is 0 Å². The Hall–Kier alpha value is -1.68.